The summed E-state index contributed by atoms with van der Waals surface area (Å²) in [5, 5.41) is 0. The molecule has 0 aliphatic heterocycles. The lowest BCUT2D eigenvalue weighted by atomic mass is 9.95. The van der Waals surface area contributed by atoms with Crippen molar-refractivity contribution in [3.05, 3.63) is 60.2 Å². The molecule has 0 aliphatic carbocycles. The van der Waals surface area contributed by atoms with E-state index in [9.17, 15) is 0 Å². The van der Waals surface area contributed by atoms with Crippen molar-refractivity contribution >= 4 is 7.85 Å². The third-order valence-electron chi connectivity index (χ3n) is 2.30. The Bertz CT molecular complexity index is 389. The second-order valence-electron chi connectivity index (χ2n) is 3.27. The van der Waals surface area contributed by atoms with Crippen LogP contribution in [0.2, 0.25) is 0 Å². The molecular weight excluding hydrogens is 167 g/mol. The van der Waals surface area contributed by atoms with Gasteiger partial charge in [-0.25, -0.2) is 0 Å². The molecule has 0 N–H and O–H groups in total. The molecule has 0 fully saturated rings. The maximum atomic E-state index is 5.54. The molecule has 0 spiro atoms. The SMILES string of the molecule is [B]Cc1ccc(-c2ccccc2)cc1. The van der Waals surface area contributed by atoms with Gasteiger partial charge in [0.1, 0.15) is 0 Å². The van der Waals surface area contributed by atoms with Crippen molar-refractivity contribution in [1.29, 1.82) is 0 Å². The van der Waals surface area contributed by atoms with Crippen molar-refractivity contribution < 1.29 is 0 Å². The highest BCUT2D eigenvalue weighted by Crippen LogP contribution is 2.18. The Labute approximate surface area is 86.0 Å². The monoisotopic (exact) mass is 178 g/mol. The standard InChI is InChI=1S/C13H11B/c14-10-11-6-8-13(9-7-11)12-4-2-1-3-5-12/h1-9H,10H2. The molecule has 0 aliphatic rings. The van der Waals surface area contributed by atoms with E-state index in [2.05, 4.69) is 36.4 Å². The lowest BCUT2D eigenvalue weighted by molar-refractivity contribution is 1.40. The number of benzene rings is 2. The van der Waals surface area contributed by atoms with E-state index in [4.69, 9.17) is 7.85 Å². The summed E-state index contributed by atoms with van der Waals surface area (Å²) in [5.41, 5.74) is 3.66. The van der Waals surface area contributed by atoms with E-state index in [1.54, 1.807) is 0 Å². The van der Waals surface area contributed by atoms with Gasteiger partial charge >= 0.3 is 0 Å². The van der Waals surface area contributed by atoms with E-state index in [0.29, 0.717) is 6.32 Å². The second-order valence-corrected chi connectivity index (χ2v) is 3.27. The van der Waals surface area contributed by atoms with Crippen LogP contribution in [0.3, 0.4) is 0 Å². The molecule has 0 amide bonds. The first-order chi connectivity index (χ1) is 6.90. The Morgan fingerprint density at radius 1 is 0.714 bits per heavy atom. The molecular formula is C13H11B. The van der Waals surface area contributed by atoms with Gasteiger partial charge in [-0.05, 0) is 11.1 Å². The highest BCUT2D eigenvalue weighted by molar-refractivity contribution is 6.08. The van der Waals surface area contributed by atoms with Crippen LogP contribution in [0.15, 0.2) is 54.6 Å². The first-order valence-electron chi connectivity index (χ1n) is 4.74. The summed E-state index contributed by atoms with van der Waals surface area (Å²) < 4.78 is 0. The van der Waals surface area contributed by atoms with Crippen LogP contribution in [0.4, 0.5) is 0 Å². The number of hydrogen-bond acceptors (Lipinski definition) is 0. The summed E-state index contributed by atoms with van der Waals surface area (Å²) in [7, 11) is 5.54. The zero-order valence-corrected chi connectivity index (χ0v) is 7.98. The van der Waals surface area contributed by atoms with Crippen LogP contribution in [0.5, 0.6) is 0 Å². The smallest absolute Gasteiger partial charge is 0.0643 e. The minimum atomic E-state index is 0.606. The number of rotatable bonds is 2. The molecule has 66 valence electrons. The highest BCUT2D eigenvalue weighted by atomic mass is 14.0. The molecule has 0 nitrogen and oxygen atoms in total. The Morgan fingerprint density at radius 3 is 1.86 bits per heavy atom. The van der Waals surface area contributed by atoms with E-state index < -0.39 is 0 Å². The Morgan fingerprint density at radius 2 is 1.29 bits per heavy atom. The van der Waals surface area contributed by atoms with Crippen molar-refractivity contribution in [2.45, 2.75) is 6.32 Å². The van der Waals surface area contributed by atoms with Gasteiger partial charge in [0.05, 0.1) is 7.85 Å². The third kappa shape index (κ3) is 1.87. The Hall–Kier alpha value is -1.50. The molecule has 1 heteroatoms. The van der Waals surface area contributed by atoms with Gasteiger partial charge < -0.3 is 0 Å². The fraction of sp³-hybridized carbons (Fsp3) is 0.0769. The van der Waals surface area contributed by atoms with Gasteiger partial charge in [0, 0.05) is 0 Å². The Kier molecular flexibility index (Phi) is 2.69. The van der Waals surface area contributed by atoms with Crippen molar-refractivity contribution in [3.8, 4) is 11.1 Å². The summed E-state index contributed by atoms with van der Waals surface area (Å²) >= 11 is 0. The van der Waals surface area contributed by atoms with Crippen molar-refractivity contribution in [2.75, 3.05) is 0 Å². The van der Waals surface area contributed by atoms with E-state index in [1.165, 1.54) is 16.7 Å². The summed E-state index contributed by atoms with van der Waals surface area (Å²) in [4.78, 5) is 0. The van der Waals surface area contributed by atoms with Crippen LogP contribution in [0.25, 0.3) is 11.1 Å². The fourth-order valence-electron chi connectivity index (χ4n) is 1.46. The first kappa shape index (κ1) is 9.08. The summed E-state index contributed by atoms with van der Waals surface area (Å²) in [5.74, 6) is 0. The van der Waals surface area contributed by atoms with E-state index in [-0.39, 0.29) is 0 Å². The minimum absolute atomic E-state index is 0.606. The number of hydrogen-bond donors (Lipinski definition) is 0. The maximum absolute atomic E-state index is 5.54. The van der Waals surface area contributed by atoms with Gasteiger partial charge in [0.25, 0.3) is 0 Å². The Balaban J connectivity index is 2.34. The maximum Gasteiger partial charge on any atom is 0.0716 e. The van der Waals surface area contributed by atoms with Crippen LogP contribution < -0.4 is 0 Å². The second kappa shape index (κ2) is 4.14. The van der Waals surface area contributed by atoms with E-state index in [1.807, 2.05) is 18.2 Å². The average molecular weight is 178 g/mol. The molecule has 0 saturated carbocycles. The molecule has 2 aromatic rings. The molecule has 0 bridgehead atoms. The highest BCUT2D eigenvalue weighted by Gasteiger charge is 1.95. The lowest BCUT2D eigenvalue weighted by Crippen LogP contribution is -1.83. The van der Waals surface area contributed by atoms with E-state index >= 15 is 0 Å². The topological polar surface area (TPSA) is 0 Å². The molecule has 2 rings (SSSR count). The average Bonchev–Trinajstić information content (AvgIpc) is 2.30. The largest absolute Gasteiger partial charge is 0.0716 e. The van der Waals surface area contributed by atoms with Gasteiger partial charge in [-0.1, -0.05) is 66.5 Å². The van der Waals surface area contributed by atoms with Crippen LogP contribution >= 0.6 is 0 Å². The predicted octanol–water partition coefficient (Wildman–Crippen LogP) is 3.02. The van der Waals surface area contributed by atoms with Crippen LogP contribution in [0.1, 0.15) is 5.56 Å². The van der Waals surface area contributed by atoms with Crippen molar-refractivity contribution in [3.63, 3.8) is 0 Å². The summed E-state index contributed by atoms with van der Waals surface area (Å²) in [6.45, 7) is 0. The van der Waals surface area contributed by atoms with Gasteiger partial charge in [-0.15, -0.1) is 0 Å². The minimum Gasteiger partial charge on any atom is -0.0643 e. The molecule has 2 aromatic carbocycles. The molecule has 0 unspecified atom stereocenters. The summed E-state index contributed by atoms with van der Waals surface area (Å²) in [6, 6.07) is 18.7. The predicted molar refractivity (Wildman–Crippen MR) is 61.3 cm³/mol. The van der Waals surface area contributed by atoms with Crippen molar-refractivity contribution in [2.24, 2.45) is 0 Å². The molecule has 0 aromatic heterocycles. The molecule has 0 atom stereocenters. The van der Waals surface area contributed by atoms with E-state index in [0.717, 1.165) is 0 Å². The van der Waals surface area contributed by atoms with Gasteiger partial charge in [0.2, 0.25) is 0 Å². The lowest BCUT2D eigenvalue weighted by Gasteiger charge is -2.02. The van der Waals surface area contributed by atoms with Gasteiger partial charge in [0.15, 0.2) is 0 Å². The normalized spacial score (nSPS) is 10.0. The first-order valence-corrected chi connectivity index (χ1v) is 4.74. The quantitative estimate of drug-likeness (QED) is 0.620. The molecule has 2 radical (unpaired) electrons. The van der Waals surface area contributed by atoms with Crippen LogP contribution in [-0.2, 0) is 6.32 Å². The van der Waals surface area contributed by atoms with Crippen molar-refractivity contribution in [1.82, 2.24) is 0 Å². The molecule has 0 saturated heterocycles. The van der Waals surface area contributed by atoms with Gasteiger partial charge in [-0.2, -0.15) is 0 Å². The van der Waals surface area contributed by atoms with Crippen LogP contribution in [-0.4, -0.2) is 7.85 Å². The molecule has 0 heterocycles. The third-order valence-corrected chi connectivity index (χ3v) is 2.30. The summed E-state index contributed by atoms with van der Waals surface area (Å²) in [6.07, 6.45) is 0.606. The molecule has 14 heavy (non-hydrogen) atoms. The zero-order valence-electron chi connectivity index (χ0n) is 7.98. The van der Waals surface area contributed by atoms with Gasteiger partial charge in [-0.3, -0.25) is 0 Å². The zero-order chi connectivity index (χ0) is 9.80. The fourth-order valence-corrected chi connectivity index (χ4v) is 1.46. The van der Waals surface area contributed by atoms with Crippen LogP contribution in [0, 0.1) is 0 Å².